The molecule has 19 heavy (non-hydrogen) atoms. The molecule has 1 aliphatic carbocycles. The normalized spacial score (nSPS) is 31.2. The number of nitrogens with one attached hydrogen (secondary N) is 1. The van der Waals surface area contributed by atoms with Crippen molar-refractivity contribution in [2.45, 2.75) is 58.6 Å². The lowest BCUT2D eigenvalue weighted by molar-refractivity contribution is -0.149. The van der Waals surface area contributed by atoms with E-state index >= 15 is 0 Å². The van der Waals surface area contributed by atoms with Crippen LogP contribution in [0.5, 0.6) is 0 Å². The average molecular weight is 271 g/mol. The SMILES string of the molecule is CNC(C)(COC1CC(C)CCC1C(C)C)C(=O)O. The lowest BCUT2D eigenvalue weighted by Crippen LogP contribution is -2.52. The topological polar surface area (TPSA) is 58.6 Å². The van der Waals surface area contributed by atoms with E-state index in [1.54, 1.807) is 14.0 Å². The van der Waals surface area contributed by atoms with Crippen molar-refractivity contribution in [3.05, 3.63) is 0 Å². The van der Waals surface area contributed by atoms with Crippen LogP contribution in [0, 0.1) is 17.8 Å². The fraction of sp³-hybridized carbons (Fsp3) is 0.933. The van der Waals surface area contributed by atoms with Crippen molar-refractivity contribution >= 4 is 5.97 Å². The number of aliphatic carboxylic acids is 1. The summed E-state index contributed by atoms with van der Waals surface area (Å²) >= 11 is 0. The van der Waals surface area contributed by atoms with E-state index < -0.39 is 11.5 Å². The molecule has 0 aromatic carbocycles. The molecule has 2 N–H and O–H groups in total. The highest BCUT2D eigenvalue weighted by atomic mass is 16.5. The highest BCUT2D eigenvalue weighted by Crippen LogP contribution is 2.35. The van der Waals surface area contributed by atoms with E-state index in [4.69, 9.17) is 4.74 Å². The zero-order valence-electron chi connectivity index (χ0n) is 12.9. The fourth-order valence-corrected chi connectivity index (χ4v) is 2.82. The number of likely N-dealkylation sites (N-methyl/N-ethyl adjacent to an activating group) is 1. The van der Waals surface area contributed by atoms with Crippen molar-refractivity contribution in [3.63, 3.8) is 0 Å². The van der Waals surface area contributed by atoms with E-state index in [9.17, 15) is 9.90 Å². The van der Waals surface area contributed by atoms with E-state index in [-0.39, 0.29) is 12.7 Å². The van der Waals surface area contributed by atoms with E-state index in [1.807, 2.05) is 0 Å². The summed E-state index contributed by atoms with van der Waals surface area (Å²) in [6, 6.07) is 0. The first-order chi connectivity index (χ1) is 8.80. The molecular weight excluding hydrogens is 242 g/mol. The van der Waals surface area contributed by atoms with Crippen LogP contribution in [0.25, 0.3) is 0 Å². The van der Waals surface area contributed by atoms with E-state index in [2.05, 4.69) is 26.1 Å². The Kier molecular flexibility index (Phi) is 5.81. The summed E-state index contributed by atoms with van der Waals surface area (Å²) in [5, 5.41) is 12.1. The lowest BCUT2D eigenvalue weighted by Gasteiger charge is -2.38. The maximum absolute atomic E-state index is 11.3. The smallest absolute Gasteiger partial charge is 0.326 e. The first kappa shape index (κ1) is 16.4. The van der Waals surface area contributed by atoms with E-state index in [0.717, 1.165) is 6.42 Å². The average Bonchev–Trinajstić information content (AvgIpc) is 2.35. The molecule has 0 aromatic rings. The van der Waals surface area contributed by atoms with Gasteiger partial charge in [0.15, 0.2) is 0 Å². The van der Waals surface area contributed by atoms with Gasteiger partial charge in [-0.1, -0.05) is 27.2 Å². The minimum Gasteiger partial charge on any atom is -0.480 e. The van der Waals surface area contributed by atoms with Crippen molar-refractivity contribution in [2.75, 3.05) is 13.7 Å². The summed E-state index contributed by atoms with van der Waals surface area (Å²) in [6.07, 6.45) is 3.68. The second-order valence-corrected chi connectivity index (χ2v) is 6.56. The van der Waals surface area contributed by atoms with Crippen molar-refractivity contribution in [2.24, 2.45) is 17.8 Å². The Hall–Kier alpha value is -0.610. The second-order valence-electron chi connectivity index (χ2n) is 6.56. The third kappa shape index (κ3) is 4.18. The molecule has 0 radical (unpaired) electrons. The first-order valence-corrected chi connectivity index (χ1v) is 7.34. The molecule has 0 aromatic heterocycles. The fourth-order valence-electron chi connectivity index (χ4n) is 2.82. The van der Waals surface area contributed by atoms with Crippen LogP contribution < -0.4 is 5.32 Å². The number of carboxylic acid groups (broad SMARTS) is 1. The van der Waals surface area contributed by atoms with Gasteiger partial charge < -0.3 is 15.2 Å². The minimum absolute atomic E-state index is 0.191. The number of rotatable bonds is 6. The third-order valence-corrected chi connectivity index (χ3v) is 4.57. The molecule has 0 aliphatic heterocycles. The van der Waals surface area contributed by atoms with E-state index in [1.165, 1.54) is 12.8 Å². The molecule has 0 bridgehead atoms. The van der Waals surface area contributed by atoms with Gasteiger partial charge in [-0.25, -0.2) is 0 Å². The highest BCUT2D eigenvalue weighted by molar-refractivity contribution is 5.78. The standard InChI is InChI=1S/C15H29NO3/c1-10(2)12-7-6-11(3)8-13(12)19-9-15(4,16-5)14(17)18/h10-13,16H,6-9H2,1-5H3,(H,17,18). The molecule has 0 heterocycles. The largest absolute Gasteiger partial charge is 0.480 e. The molecule has 4 unspecified atom stereocenters. The molecule has 1 aliphatic rings. The van der Waals surface area contributed by atoms with Crippen molar-refractivity contribution in [3.8, 4) is 0 Å². The van der Waals surface area contributed by atoms with Crippen LogP contribution in [0.4, 0.5) is 0 Å². The summed E-state index contributed by atoms with van der Waals surface area (Å²) in [4.78, 5) is 11.3. The summed E-state index contributed by atoms with van der Waals surface area (Å²) in [6.45, 7) is 8.60. The number of hydrogen-bond donors (Lipinski definition) is 2. The van der Waals surface area contributed by atoms with Gasteiger partial charge in [-0.3, -0.25) is 4.79 Å². The summed E-state index contributed by atoms with van der Waals surface area (Å²) < 4.78 is 6.00. The van der Waals surface area contributed by atoms with Crippen LogP contribution in [-0.4, -0.2) is 36.4 Å². The van der Waals surface area contributed by atoms with Crippen molar-refractivity contribution in [1.82, 2.24) is 5.32 Å². The molecule has 112 valence electrons. The number of ether oxygens (including phenoxy) is 1. The molecule has 1 saturated carbocycles. The Morgan fingerprint density at radius 2 is 2.11 bits per heavy atom. The molecule has 0 saturated heterocycles. The van der Waals surface area contributed by atoms with Crippen LogP contribution in [-0.2, 0) is 9.53 Å². The molecule has 1 fully saturated rings. The van der Waals surface area contributed by atoms with Gasteiger partial charge >= 0.3 is 5.97 Å². The molecule has 1 rings (SSSR count). The molecule has 4 nitrogen and oxygen atoms in total. The van der Waals surface area contributed by atoms with Crippen LogP contribution in [0.1, 0.15) is 47.0 Å². The Balaban J connectivity index is 2.64. The molecule has 4 atom stereocenters. The molecule has 0 amide bonds. The number of hydrogen-bond acceptors (Lipinski definition) is 3. The number of carboxylic acids is 1. The van der Waals surface area contributed by atoms with Crippen LogP contribution in [0.3, 0.4) is 0 Å². The van der Waals surface area contributed by atoms with E-state index in [0.29, 0.717) is 17.8 Å². The minimum atomic E-state index is -0.998. The maximum Gasteiger partial charge on any atom is 0.326 e. The van der Waals surface area contributed by atoms with Crippen LogP contribution in [0.2, 0.25) is 0 Å². The quantitative estimate of drug-likeness (QED) is 0.779. The van der Waals surface area contributed by atoms with Crippen LogP contribution >= 0.6 is 0 Å². The summed E-state index contributed by atoms with van der Waals surface area (Å²) in [5.74, 6) is 0.944. The van der Waals surface area contributed by atoms with Gasteiger partial charge in [0.25, 0.3) is 0 Å². The lowest BCUT2D eigenvalue weighted by atomic mass is 9.75. The highest BCUT2D eigenvalue weighted by Gasteiger charge is 2.36. The van der Waals surface area contributed by atoms with Gasteiger partial charge in [0, 0.05) is 0 Å². The Morgan fingerprint density at radius 3 is 2.58 bits per heavy atom. The van der Waals surface area contributed by atoms with Crippen molar-refractivity contribution < 1.29 is 14.6 Å². The first-order valence-electron chi connectivity index (χ1n) is 7.34. The maximum atomic E-state index is 11.3. The van der Waals surface area contributed by atoms with Gasteiger partial charge in [0.05, 0.1) is 12.7 Å². The van der Waals surface area contributed by atoms with Gasteiger partial charge in [-0.2, -0.15) is 0 Å². The predicted octanol–water partition coefficient (Wildman–Crippen LogP) is 2.53. The second kappa shape index (κ2) is 6.71. The third-order valence-electron chi connectivity index (χ3n) is 4.57. The number of carbonyl (C=O) groups is 1. The zero-order valence-corrected chi connectivity index (χ0v) is 12.9. The molecular formula is C15H29NO3. The zero-order chi connectivity index (χ0) is 14.6. The Bertz CT molecular complexity index is 306. The Morgan fingerprint density at radius 1 is 1.47 bits per heavy atom. The molecule has 4 heteroatoms. The Labute approximate surface area is 116 Å². The monoisotopic (exact) mass is 271 g/mol. The van der Waals surface area contributed by atoms with Crippen LogP contribution in [0.15, 0.2) is 0 Å². The van der Waals surface area contributed by atoms with Gasteiger partial charge in [-0.15, -0.1) is 0 Å². The summed E-state index contributed by atoms with van der Waals surface area (Å²) in [7, 11) is 1.67. The van der Waals surface area contributed by atoms with Gasteiger partial charge in [-0.05, 0) is 44.6 Å². The van der Waals surface area contributed by atoms with Gasteiger partial charge in [0.2, 0.25) is 0 Å². The summed E-state index contributed by atoms with van der Waals surface area (Å²) in [5.41, 5.74) is -0.998. The molecule has 0 spiro atoms. The predicted molar refractivity (Wildman–Crippen MR) is 76.2 cm³/mol. The van der Waals surface area contributed by atoms with Gasteiger partial charge in [0.1, 0.15) is 5.54 Å². The van der Waals surface area contributed by atoms with Crippen molar-refractivity contribution in [1.29, 1.82) is 0 Å².